The number of anilines is 1. The van der Waals surface area contributed by atoms with Crippen molar-refractivity contribution in [3.05, 3.63) is 18.2 Å². The van der Waals surface area contributed by atoms with E-state index in [9.17, 15) is 4.79 Å². The van der Waals surface area contributed by atoms with Crippen molar-refractivity contribution in [1.82, 2.24) is 0 Å². The number of nitrogen functional groups attached to an aromatic ring is 1. The molecule has 0 spiro atoms. The fraction of sp³-hybridized carbons (Fsp3) is 0.125. The quantitative estimate of drug-likeness (QED) is 0.614. The van der Waals surface area contributed by atoms with Crippen LogP contribution in [-0.2, 0) is 4.79 Å². The van der Waals surface area contributed by atoms with Gasteiger partial charge in [0, 0.05) is 11.8 Å². The van der Waals surface area contributed by atoms with E-state index in [1.807, 2.05) is 0 Å². The molecule has 0 saturated heterocycles. The van der Waals surface area contributed by atoms with Crippen molar-refractivity contribution in [2.75, 3.05) is 5.73 Å². The number of benzene rings is 1. The summed E-state index contributed by atoms with van der Waals surface area (Å²) < 4.78 is 9.89. The van der Waals surface area contributed by atoms with Crippen LogP contribution in [0.15, 0.2) is 18.2 Å². The highest BCUT2D eigenvalue weighted by molar-refractivity contribution is 5.73. The Morgan fingerprint density at radius 3 is 2.77 bits per heavy atom. The molecule has 0 bridgehead atoms. The lowest BCUT2D eigenvalue weighted by atomic mass is 10.3. The van der Waals surface area contributed by atoms with Gasteiger partial charge >= 0.3 is 12.3 Å². The number of hydrogen-bond acceptors (Lipinski definition) is 4. The minimum Gasteiger partial charge on any atom is -0.476 e. The van der Waals surface area contributed by atoms with Gasteiger partial charge < -0.3 is 20.3 Å². The summed E-state index contributed by atoms with van der Waals surface area (Å²) in [4.78, 5) is 10.5. The van der Waals surface area contributed by atoms with E-state index < -0.39 is 12.3 Å². The molecule has 0 fully saturated rings. The molecule has 5 heteroatoms. The smallest absolute Gasteiger partial charge is 0.387 e. The number of rotatable bonds is 1. The third-order valence-electron chi connectivity index (χ3n) is 1.64. The molecule has 13 heavy (non-hydrogen) atoms. The average Bonchev–Trinajstić information content (AvgIpc) is 2.46. The van der Waals surface area contributed by atoms with E-state index in [4.69, 9.17) is 20.3 Å². The van der Waals surface area contributed by atoms with E-state index in [1.165, 1.54) is 6.07 Å². The Balaban J connectivity index is 2.30. The second kappa shape index (κ2) is 2.55. The van der Waals surface area contributed by atoms with Crippen molar-refractivity contribution in [2.24, 2.45) is 0 Å². The predicted molar refractivity (Wildman–Crippen MR) is 43.5 cm³/mol. The predicted octanol–water partition coefficient (Wildman–Crippen LogP) is 0.451. The summed E-state index contributed by atoms with van der Waals surface area (Å²) in [6.45, 7) is 0. The molecule has 2 rings (SSSR count). The van der Waals surface area contributed by atoms with Gasteiger partial charge in [0.25, 0.3) is 0 Å². The Bertz CT molecular complexity index is 363. The highest BCUT2D eigenvalue weighted by atomic mass is 16.7. The monoisotopic (exact) mass is 181 g/mol. The third-order valence-corrected chi connectivity index (χ3v) is 1.64. The van der Waals surface area contributed by atoms with Crippen molar-refractivity contribution >= 4 is 11.7 Å². The lowest BCUT2D eigenvalue weighted by Crippen LogP contribution is -2.28. The SMILES string of the molecule is Nc1ccc2c(c1)OC(C(=O)O)O2. The second-order valence-corrected chi connectivity index (χ2v) is 2.61. The molecule has 68 valence electrons. The Hall–Kier alpha value is -1.91. The summed E-state index contributed by atoms with van der Waals surface area (Å²) in [5, 5.41) is 8.57. The van der Waals surface area contributed by atoms with Crippen molar-refractivity contribution in [3.63, 3.8) is 0 Å². The summed E-state index contributed by atoms with van der Waals surface area (Å²) in [7, 11) is 0. The molecule has 5 nitrogen and oxygen atoms in total. The highest BCUT2D eigenvalue weighted by Crippen LogP contribution is 2.35. The van der Waals surface area contributed by atoms with Crippen LogP contribution in [0.2, 0.25) is 0 Å². The fourth-order valence-corrected chi connectivity index (χ4v) is 1.07. The van der Waals surface area contributed by atoms with E-state index in [-0.39, 0.29) is 0 Å². The van der Waals surface area contributed by atoms with Crippen molar-refractivity contribution in [2.45, 2.75) is 6.29 Å². The van der Waals surface area contributed by atoms with Gasteiger partial charge in [0.1, 0.15) is 0 Å². The molecule has 0 aliphatic carbocycles. The molecule has 1 unspecified atom stereocenters. The van der Waals surface area contributed by atoms with Gasteiger partial charge in [-0.3, -0.25) is 0 Å². The van der Waals surface area contributed by atoms with Gasteiger partial charge in [0.15, 0.2) is 11.5 Å². The number of nitrogens with two attached hydrogens (primary N) is 1. The first-order valence-electron chi connectivity index (χ1n) is 3.62. The van der Waals surface area contributed by atoms with Gasteiger partial charge in [-0.25, -0.2) is 4.79 Å². The summed E-state index contributed by atoms with van der Waals surface area (Å²) in [5.74, 6) is -0.385. The number of aliphatic carboxylic acids is 1. The van der Waals surface area contributed by atoms with Gasteiger partial charge in [-0.1, -0.05) is 0 Å². The summed E-state index contributed by atoms with van der Waals surface area (Å²) in [5.41, 5.74) is 5.98. The minimum atomic E-state index is -1.25. The van der Waals surface area contributed by atoms with Gasteiger partial charge in [-0.05, 0) is 12.1 Å². The fourth-order valence-electron chi connectivity index (χ4n) is 1.07. The van der Waals surface area contributed by atoms with Crippen LogP contribution in [0, 0.1) is 0 Å². The largest absolute Gasteiger partial charge is 0.476 e. The molecule has 0 radical (unpaired) electrons. The summed E-state index contributed by atoms with van der Waals surface area (Å²) in [6, 6.07) is 4.72. The Morgan fingerprint density at radius 2 is 2.08 bits per heavy atom. The molecule has 1 aliphatic rings. The highest BCUT2D eigenvalue weighted by Gasteiger charge is 2.30. The summed E-state index contributed by atoms with van der Waals surface area (Å²) >= 11 is 0. The summed E-state index contributed by atoms with van der Waals surface area (Å²) in [6.07, 6.45) is -1.25. The number of carbonyl (C=O) groups is 1. The maximum absolute atomic E-state index is 10.5. The Morgan fingerprint density at radius 1 is 1.38 bits per heavy atom. The van der Waals surface area contributed by atoms with E-state index in [1.54, 1.807) is 12.1 Å². The van der Waals surface area contributed by atoms with Crippen LogP contribution in [0.25, 0.3) is 0 Å². The number of carboxylic acid groups (broad SMARTS) is 1. The van der Waals surface area contributed by atoms with Gasteiger partial charge in [0.2, 0.25) is 0 Å². The van der Waals surface area contributed by atoms with Crippen molar-refractivity contribution in [1.29, 1.82) is 0 Å². The van der Waals surface area contributed by atoms with Crippen LogP contribution in [0.4, 0.5) is 5.69 Å². The Kier molecular flexibility index (Phi) is 1.51. The van der Waals surface area contributed by atoms with Gasteiger partial charge in [-0.2, -0.15) is 0 Å². The first-order chi connectivity index (χ1) is 6.16. The van der Waals surface area contributed by atoms with E-state index in [0.717, 1.165) is 0 Å². The molecule has 0 saturated carbocycles. The third kappa shape index (κ3) is 1.24. The van der Waals surface area contributed by atoms with Crippen LogP contribution < -0.4 is 15.2 Å². The molecule has 0 aromatic heterocycles. The van der Waals surface area contributed by atoms with Gasteiger partial charge in [-0.15, -0.1) is 0 Å². The molecule has 1 heterocycles. The normalized spacial score (nSPS) is 18.6. The standard InChI is InChI=1S/C8H7NO4/c9-4-1-2-5-6(3-4)13-8(12-5)7(10)11/h1-3,8H,9H2,(H,10,11). The van der Waals surface area contributed by atoms with Crippen molar-refractivity contribution < 1.29 is 19.4 Å². The molecule has 1 atom stereocenters. The van der Waals surface area contributed by atoms with Crippen LogP contribution in [-0.4, -0.2) is 17.4 Å². The van der Waals surface area contributed by atoms with Crippen molar-refractivity contribution in [3.8, 4) is 11.5 Å². The zero-order chi connectivity index (χ0) is 9.42. The number of ether oxygens (including phenoxy) is 2. The number of carboxylic acids is 1. The maximum atomic E-state index is 10.5. The Labute approximate surface area is 73.7 Å². The zero-order valence-corrected chi connectivity index (χ0v) is 6.56. The van der Waals surface area contributed by atoms with E-state index in [0.29, 0.717) is 17.2 Å². The van der Waals surface area contributed by atoms with Crippen LogP contribution in [0.3, 0.4) is 0 Å². The topological polar surface area (TPSA) is 81.8 Å². The molecular formula is C8H7NO4. The van der Waals surface area contributed by atoms with Crippen LogP contribution in [0.1, 0.15) is 0 Å². The van der Waals surface area contributed by atoms with E-state index in [2.05, 4.69) is 0 Å². The molecule has 3 N–H and O–H groups in total. The van der Waals surface area contributed by atoms with Crippen LogP contribution >= 0.6 is 0 Å². The average molecular weight is 181 g/mol. The minimum absolute atomic E-state index is 0.368. The number of fused-ring (bicyclic) bond motifs is 1. The lowest BCUT2D eigenvalue weighted by Gasteiger charge is -2.02. The van der Waals surface area contributed by atoms with Gasteiger partial charge in [0.05, 0.1) is 0 Å². The maximum Gasteiger partial charge on any atom is 0.387 e. The number of hydrogen-bond donors (Lipinski definition) is 2. The first-order valence-corrected chi connectivity index (χ1v) is 3.62. The zero-order valence-electron chi connectivity index (χ0n) is 6.56. The first kappa shape index (κ1) is 7.72. The molecule has 1 aromatic carbocycles. The second-order valence-electron chi connectivity index (χ2n) is 2.61. The molecular weight excluding hydrogens is 174 g/mol. The molecule has 1 aromatic rings. The lowest BCUT2D eigenvalue weighted by molar-refractivity contribution is -0.154. The van der Waals surface area contributed by atoms with Crippen LogP contribution in [0.5, 0.6) is 11.5 Å². The van der Waals surface area contributed by atoms with E-state index >= 15 is 0 Å². The molecule has 1 aliphatic heterocycles. The molecule has 0 amide bonds.